The Morgan fingerprint density at radius 2 is 2.00 bits per heavy atom. The molecule has 0 aliphatic rings. The molecule has 2 aromatic rings. The lowest BCUT2D eigenvalue weighted by atomic mass is 10.1. The normalized spacial score (nSPS) is 12.1. The summed E-state index contributed by atoms with van der Waals surface area (Å²) in [5.41, 5.74) is 8.12. The van der Waals surface area contributed by atoms with Gasteiger partial charge in [0.15, 0.2) is 5.13 Å². The molecular formula is C16H26N4S. The number of nitrogens with two attached hydrogens (primary N) is 1. The largest absolute Gasteiger partial charge is 0.375 e. The van der Waals surface area contributed by atoms with Crippen LogP contribution in [0.1, 0.15) is 19.4 Å². The molecule has 0 spiro atoms. The Balaban J connectivity index is 2.08. The maximum atomic E-state index is 5.78. The number of rotatable bonds is 7. The second-order valence-corrected chi connectivity index (χ2v) is 7.35. The van der Waals surface area contributed by atoms with Crippen LogP contribution in [-0.4, -0.2) is 48.5 Å². The Bertz CT molecular complexity index is 577. The summed E-state index contributed by atoms with van der Waals surface area (Å²) in [7, 11) is 4.25. The van der Waals surface area contributed by atoms with Crippen molar-refractivity contribution < 1.29 is 0 Å². The number of nitrogens with zero attached hydrogens (tertiary/aromatic N) is 3. The van der Waals surface area contributed by atoms with Gasteiger partial charge in [-0.1, -0.05) is 31.3 Å². The molecule has 1 aromatic heterocycles. The van der Waals surface area contributed by atoms with Gasteiger partial charge in [0.05, 0.1) is 10.2 Å². The van der Waals surface area contributed by atoms with Gasteiger partial charge < -0.3 is 10.6 Å². The standard InChI is InChI=1S/C16H26N4S/c1-12(2)10-20(8-7-19(3)4)11-13-5-6-14-15(9-13)21-16(17)18-14/h5-6,9,12H,7-8,10-11H2,1-4H3,(H2,17,18). The molecule has 5 heteroatoms. The fourth-order valence-electron chi connectivity index (χ4n) is 2.44. The summed E-state index contributed by atoms with van der Waals surface area (Å²) in [5.74, 6) is 0.676. The molecule has 21 heavy (non-hydrogen) atoms. The summed E-state index contributed by atoms with van der Waals surface area (Å²) in [6.45, 7) is 8.83. The highest BCUT2D eigenvalue weighted by Gasteiger charge is 2.10. The van der Waals surface area contributed by atoms with E-state index in [9.17, 15) is 0 Å². The van der Waals surface area contributed by atoms with E-state index in [1.165, 1.54) is 10.3 Å². The molecule has 0 saturated heterocycles. The first kappa shape index (κ1) is 16.2. The van der Waals surface area contributed by atoms with Crippen molar-refractivity contribution in [1.82, 2.24) is 14.8 Å². The number of likely N-dealkylation sites (N-methyl/N-ethyl adjacent to an activating group) is 1. The van der Waals surface area contributed by atoms with Crippen molar-refractivity contribution in [3.63, 3.8) is 0 Å². The molecule has 0 amide bonds. The molecule has 0 bridgehead atoms. The van der Waals surface area contributed by atoms with Crippen LogP contribution in [0, 0.1) is 5.92 Å². The van der Waals surface area contributed by atoms with Crippen LogP contribution in [0.5, 0.6) is 0 Å². The third-order valence-corrected chi connectivity index (χ3v) is 4.21. The molecule has 1 aromatic carbocycles. The number of hydrogen-bond donors (Lipinski definition) is 1. The lowest BCUT2D eigenvalue weighted by Gasteiger charge is -2.25. The highest BCUT2D eigenvalue weighted by Crippen LogP contribution is 2.25. The van der Waals surface area contributed by atoms with Crippen molar-refractivity contribution in [2.75, 3.05) is 39.5 Å². The zero-order chi connectivity index (χ0) is 15.4. The Labute approximate surface area is 131 Å². The quantitative estimate of drug-likeness (QED) is 0.854. The Kier molecular flexibility index (Phi) is 5.56. The van der Waals surface area contributed by atoms with Gasteiger partial charge in [0.1, 0.15) is 0 Å². The molecule has 0 radical (unpaired) electrons. The summed E-state index contributed by atoms with van der Waals surface area (Å²) in [4.78, 5) is 9.08. The highest BCUT2D eigenvalue weighted by atomic mass is 32.1. The van der Waals surface area contributed by atoms with Crippen LogP contribution >= 0.6 is 11.3 Å². The van der Waals surface area contributed by atoms with Crippen molar-refractivity contribution in [3.8, 4) is 0 Å². The van der Waals surface area contributed by atoms with Crippen LogP contribution in [0.25, 0.3) is 10.2 Å². The van der Waals surface area contributed by atoms with Gasteiger partial charge in [-0.25, -0.2) is 4.98 Å². The van der Waals surface area contributed by atoms with Gasteiger partial charge in [0.2, 0.25) is 0 Å². The van der Waals surface area contributed by atoms with Gasteiger partial charge in [0.25, 0.3) is 0 Å². The van der Waals surface area contributed by atoms with Crippen molar-refractivity contribution in [3.05, 3.63) is 23.8 Å². The fourth-order valence-corrected chi connectivity index (χ4v) is 3.23. The van der Waals surface area contributed by atoms with Crippen LogP contribution in [-0.2, 0) is 6.54 Å². The van der Waals surface area contributed by atoms with E-state index in [0.29, 0.717) is 11.0 Å². The minimum Gasteiger partial charge on any atom is -0.375 e. The van der Waals surface area contributed by atoms with Gasteiger partial charge in [-0.3, -0.25) is 4.90 Å². The van der Waals surface area contributed by atoms with Gasteiger partial charge >= 0.3 is 0 Å². The number of fused-ring (bicyclic) bond motifs is 1. The van der Waals surface area contributed by atoms with Gasteiger partial charge in [-0.15, -0.1) is 0 Å². The topological polar surface area (TPSA) is 45.4 Å². The summed E-state index contributed by atoms with van der Waals surface area (Å²) in [5, 5.41) is 0.647. The number of aromatic nitrogens is 1. The molecule has 0 fully saturated rings. The molecule has 1 heterocycles. The van der Waals surface area contributed by atoms with E-state index in [0.717, 1.165) is 31.7 Å². The van der Waals surface area contributed by atoms with Gasteiger partial charge in [0, 0.05) is 26.2 Å². The Hall–Kier alpha value is -1.17. The summed E-state index contributed by atoms with van der Waals surface area (Å²) in [6.07, 6.45) is 0. The van der Waals surface area contributed by atoms with Crippen LogP contribution in [0.3, 0.4) is 0 Å². The smallest absolute Gasteiger partial charge is 0.181 e. The lowest BCUT2D eigenvalue weighted by molar-refractivity contribution is 0.212. The molecule has 0 aliphatic heterocycles. The molecular weight excluding hydrogens is 280 g/mol. The number of nitrogen functional groups attached to an aromatic ring is 1. The zero-order valence-corrected chi connectivity index (χ0v) is 14.3. The van der Waals surface area contributed by atoms with Crippen LogP contribution in [0.15, 0.2) is 18.2 Å². The molecule has 2 N–H and O–H groups in total. The second-order valence-electron chi connectivity index (χ2n) is 6.29. The summed E-state index contributed by atoms with van der Waals surface area (Å²) >= 11 is 1.57. The average molecular weight is 306 g/mol. The monoisotopic (exact) mass is 306 g/mol. The van der Waals surface area contributed by atoms with Gasteiger partial charge in [-0.2, -0.15) is 0 Å². The van der Waals surface area contributed by atoms with E-state index in [1.54, 1.807) is 11.3 Å². The zero-order valence-electron chi connectivity index (χ0n) is 13.5. The van der Waals surface area contributed by atoms with Crippen LogP contribution < -0.4 is 5.73 Å². The minimum absolute atomic E-state index is 0.647. The number of thiazole rings is 1. The molecule has 0 aliphatic carbocycles. The van der Waals surface area contributed by atoms with E-state index >= 15 is 0 Å². The first-order chi connectivity index (χ1) is 9.94. The fraction of sp³-hybridized carbons (Fsp3) is 0.562. The second kappa shape index (κ2) is 7.20. The Morgan fingerprint density at radius 3 is 2.67 bits per heavy atom. The average Bonchev–Trinajstić information content (AvgIpc) is 2.74. The van der Waals surface area contributed by atoms with Crippen LogP contribution in [0.2, 0.25) is 0 Å². The van der Waals surface area contributed by atoms with Crippen molar-refractivity contribution in [1.29, 1.82) is 0 Å². The molecule has 2 rings (SSSR count). The van der Waals surface area contributed by atoms with Crippen molar-refractivity contribution >= 4 is 26.7 Å². The van der Waals surface area contributed by atoms with E-state index in [1.807, 2.05) is 0 Å². The lowest BCUT2D eigenvalue weighted by Crippen LogP contribution is -2.33. The van der Waals surface area contributed by atoms with Crippen molar-refractivity contribution in [2.45, 2.75) is 20.4 Å². The number of benzene rings is 1. The summed E-state index contributed by atoms with van der Waals surface area (Å²) in [6, 6.07) is 6.48. The number of anilines is 1. The molecule has 0 unspecified atom stereocenters. The molecule has 4 nitrogen and oxygen atoms in total. The third-order valence-electron chi connectivity index (χ3n) is 3.36. The minimum atomic E-state index is 0.647. The van der Waals surface area contributed by atoms with Crippen LogP contribution in [0.4, 0.5) is 5.13 Å². The maximum absolute atomic E-state index is 5.78. The van der Waals surface area contributed by atoms with E-state index in [4.69, 9.17) is 5.73 Å². The van der Waals surface area contributed by atoms with E-state index in [-0.39, 0.29) is 0 Å². The highest BCUT2D eigenvalue weighted by molar-refractivity contribution is 7.22. The van der Waals surface area contributed by atoms with Gasteiger partial charge in [-0.05, 0) is 37.7 Å². The summed E-state index contributed by atoms with van der Waals surface area (Å²) < 4.78 is 1.18. The third kappa shape index (κ3) is 4.95. The SMILES string of the molecule is CC(C)CN(CCN(C)C)Cc1ccc2nc(N)sc2c1. The molecule has 116 valence electrons. The van der Waals surface area contributed by atoms with Crippen molar-refractivity contribution in [2.24, 2.45) is 5.92 Å². The van der Waals surface area contributed by atoms with E-state index in [2.05, 4.69) is 60.9 Å². The predicted molar refractivity (Wildman–Crippen MR) is 92.7 cm³/mol. The Morgan fingerprint density at radius 1 is 1.24 bits per heavy atom. The first-order valence-corrected chi connectivity index (χ1v) is 8.27. The maximum Gasteiger partial charge on any atom is 0.181 e. The first-order valence-electron chi connectivity index (χ1n) is 7.46. The number of hydrogen-bond acceptors (Lipinski definition) is 5. The predicted octanol–water partition coefficient (Wildman–Crippen LogP) is 2.90. The molecule has 0 saturated carbocycles. The van der Waals surface area contributed by atoms with E-state index < -0.39 is 0 Å². The molecule has 0 atom stereocenters.